The summed E-state index contributed by atoms with van der Waals surface area (Å²) in [7, 11) is 5.16. The summed E-state index contributed by atoms with van der Waals surface area (Å²) < 4.78 is 5.15. The molecule has 0 saturated heterocycles. The molecule has 0 aliphatic heterocycles. The van der Waals surface area contributed by atoms with Crippen LogP contribution in [0.4, 0.5) is 5.00 Å². The van der Waals surface area contributed by atoms with E-state index >= 15 is 0 Å². The summed E-state index contributed by atoms with van der Waals surface area (Å²) in [4.78, 5) is 20.1. The van der Waals surface area contributed by atoms with Gasteiger partial charge in [-0.2, -0.15) is 5.26 Å². The number of nitriles is 1. The van der Waals surface area contributed by atoms with Crippen LogP contribution in [0.25, 0.3) is 0 Å². The molecule has 1 unspecified atom stereocenters. The summed E-state index contributed by atoms with van der Waals surface area (Å²) in [5, 5.41) is 10.4. The highest BCUT2D eigenvalue weighted by Gasteiger charge is 2.47. The van der Waals surface area contributed by atoms with Gasteiger partial charge in [0, 0.05) is 31.0 Å². The van der Waals surface area contributed by atoms with Gasteiger partial charge >= 0.3 is 5.97 Å². The molecule has 25 heavy (non-hydrogen) atoms. The standard InChI is InChI=1S/C19H23N3O2S/c1-5-6-7-10-19(18(23)24-4)11-8-9-15-16(19)14(12-20)17(25-15)21-13-22(2)3/h1,13H,6-11H2,2-4H3. The highest BCUT2D eigenvalue weighted by molar-refractivity contribution is 7.16. The first-order valence-corrected chi connectivity index (χ1v) is 9.10. The Hall–Kier alpha value is -2.31. The Labute approximate surface area is 153 Å². The van der Waals surface area contributed by atoms with Gasteiger partial charge < -0.3 is 9.64 Å². The van der Waals surface area contributed by atoms with E-state index in [-0.39, 0.29) is 5.97 Å². The van der Waals surface area contributed by atoms with Crippen molar-refractivity contribution in [1.29, 1.82) is 5.26 Å². The zero-order chi connectivity index (χ0) is 18.4. The van der Waals surface area contributed by atoms with Gasteiger partial charge in [0.05, 0.1) is 24.4 Å². The SMILES string of the molecule is C#CCCCC1(C(=O)OC)CCCc2sc(N=CN(C)C)c(C#N)c21. The van der Waals surface area contributed by atoms with Crippen LogP contribution in [0.1, 0.15) is 48.1 Å². The number of methoxy groups -OCH3 is 1. The average molecular weight is 357 g/mol. The Morgan fingerprint density at radius 2 is 2.32 bits per heavy atom. The second-order valence-corrected chi connectivity index (χ2v) is 7.47. The van der Waals surface area contributed by atoms with Crippen molar-refractivity contribution in [2.45, 2.75) is 43.9 Å². The first-order chi connectivity index (χ1) is 12.0. The van der Waals surface area contributed by atoms with E-state index in [2.05, 4.69) is 17.0 Å². The average Bonchev–Trinajstić information content (AvgIpc) is 2.98. The lowest BCUT2D eigenvalue weighted by Gasteiger charge is -2.35. The van der Waals surface area contributed by atoms with Crippen molar-refractivity contribution in [3.05, 3.63) is 16.0 Å². The predicted molar refractivity (Wildman–Crippen MR) is 100 cm³/mol. The lowest BCUT2D eigenvalue weighted by molar-refractivity contribution is -0.148. The van der Waals surface area contributed by atoms with Crippen LogP contribution in [0.2, 0.25) is 0 Å². The summed E-state index contributed by atoms with van der Waals surface area (Å²) >= 11 is 1.50. The molecule has 0 fully saturated rings. The first kappa shape index (κ1) is 19.0. The van der Waals surface area contributed by atoms with Crippen LogP contribution in [0, 0.1) is 23.7 Å². The van der Waals surface area contributed by atoms with Gasteiger partial charge in [-0.3, -0.25) is 4.79 Å². The molecule has 0 amide bonds. The van der Waals surface area contributed by atoms with E-state index in [1.165, 1.54) is 18.4 Å². The van der Waals surface area contributed by atoms with Crippen molar-refractivity contribution in [3.8, 4) is 18.4 Å². The number of aliphatic imine (C=N–C) groups is 1. The minimum absolute atomic E-state index is 0.275. The maximum absolute atomic E-state index is 12.8. The topological polar surface area (TPSA) is 65.7 Å². The van der Waals surface area contributed by atoms with Crippen molar-refractivity contribution in [1.82, 2.24) is 4.90 Å². The normalized spacial score (nSPS) is 19.1. The molecule has 0 bridgehead atoms. The summed E-state index contributed by atoms with van der Waals surface area (Å²) in [6, 6.07) is 2.28. The van der Waals surface area contributed by atoms with E-state index in [9.17, 15) is 10.1 Å². The van der Waals surface area contributed by atoms with Crippen LogP contribution >= 0.6 is 11.3 Å². The quantitative estimate of drug-likeness (QED) is 0.257. The van der Waals surface area contributed by atoms with E-state index in [0.29, 0.717) is 29.8 Å². The minimum atomic E-state index is -0.785. The summed E-state index contributed by atoms with van der Waals surface area (Å²) in [6.45, 7) is 0. The number of terminal acetylenes is 1. The number of hydrogen-bond donors (Lipinski definition) is 0. The molecule has 6 heteroatoms. The van der Waals surface area contributed by atoms with Gasteiger partial charge in [0.15, 0.2) is 0 Å². The summed E-state index contributed by atoms with van der Waals surface area (Å²) in [5.74, 6) is 2.35. The number of ether oxygens (including phenoxy) is 1. The molecule has 1 atom stereocenters. The van der Waals surface area contributed by atoms with Crippen molar-refractivity contribution < 1.29 is 9.53 Å². The highest BCUT2D eigenvalue weighted by Crippen LogP contribution is 2.50. The molecule has 1 aromatic heterocycles. The molecule has 2 rings (SSSR count). The second-order valence-electron chi connectivity index (χ2n) is 6.39. The summed E-state index contributed by atoms with van der Waals surface area (Å²) in [6.07, 6.45) is 11.4. The van der Waals surface area contributed by atoms with Gasteiger partial charge in [0.25, 0.3) is 0 Å². The van der Waals surface area contributed by atoms with Gasteiger partial charge in [0.2, 0.25) is 0 Å². The zero-order valence-electron chi connectivity index (χ0n) is 15.0. The predicted octanol–water partition coefficient (Wildman–Crippen LogP) is 3.39. The molecule has 5 nitrogen and oxygen atoms in total. The number of hydrogen-bond acceptors (Lipinski definition) is 5. The molecule has 0 radical (unpaired) electrons. The molecule has 0 N–H and O–H groups in total. The first-order valence-electron chi connectivity index (χ1n) is 8.29. The lowest BCUT2D eigenvalue weighted by atomic mass is 9.68. The van der Waals surface area contributed by atoms with Crippen LogP contribution in [-0.2, 0) is 21.4 Å². The molecule has 132 valence electrons. The van der Waals surface area contributed by atoms with Crippen molar-refractivity contribution in [2.24, 2.45) is 4.99 Å². The van der Waals surface area contributed by atoms with Gasteiger partial charge in [-0.15, -0.1) is 23.7 Å². The Balaban J connectivity index is 2.59. The molecule has 0 saturated carbocycles. The van der Waals surface area contributed by atoms with Crippen molar-refractivity contribution in [2.75, 3.05) is 21.2 Å². The number of carbonyl (C=O) groups is 1. The van der Waals surface area contributed by atoms with Crippen LogP contribution in [0.3, 0.4) is 0 Å². The van der Waals surface area contributed by atoms with E-state index in [0.717, 1.165) is 29.7 Å². The monoisotopic (exact) mass is 357 g/mol. The Morgan fingerprint density at radius 1 is 1.56 bits per heavy atom. The van der Waals surface area contributed by atoms with E-state index in [4.69, 9.17) is 11.2 Å². The number of carbonyl (C=O) groups excluding carboxylic acids is 1. The minimum Gasteiger partial charge on any atom is -0.468 e. The number of esters is 1. The third-order valence-corrected chi connectivity index (χ3v) is 5.62. The molecule has 1 heterocycles. The van der Waals surface area contributed by atoms with Crippen LogP contribution in [0.15, 0.2) is 4.99 Å². The van der Waals surface area contributed by atoms with Crippen LogP contribution in [0.5, 0.6) is 0 Å². The Bertz CT molecular complexity index is 752. The molecular formula is C19H23N3O2S. The molecule has 0 aromatic carbocycles. The second kappa shape index (κ2) is 8.18. The van der Waals surface area contributed by atoms with Crippen LogP contribution in [-0.4, -0.2) is 38.4 Å². The number of thiophene rings is 1. The third kappa shape index (κ3) is 3.70. The zero-order valence-corrected chi connectivity index (χ0v) is 15.8. The number of unbranched alkanes of at least 4 members (excludes halogenated alkanes) is 1. The van der Waals surface area contributed by atoms with Crippen LogP contribution < -0.4 is 0 Å². The number of rotatable bonds is 6. The third-order valence-electron chi connectivity index (χ3n) is 4.47. The maximum Gasteiger partial charge on any atom is 0.316 e. The van der Waals surface area contributed by atoms with Gasteiger partial charge in [0.1, 0.15) is 11.1 Å². The smallest absolute Gasteiger partial charge is 0.316 e. The van der Waals surface area contributed by atoms with Gasteiger partial charge in [-0.1, -0.05) is 0 Å². The maximum atomic E-state index is 12.8. The molecule has 1 aromatic rings. The number of nitrogens with zero attached hydrogens (tertiary/aromatic N) is 3. The van der Waals surface area contributed by atoms with Crippen molar-refractivity contribution in [3.63, 3.8) is 0 Å². The van der Waals surface area contributed by atoms with Gasteiger partial charge in [-0.25, -0.2) is 4.99 Å². The molecule has 0 spiro atoms. The highest BCUT2D eigenvalue weighted by atomic mass is 32.1. The van der Waals surface area contributed by atoms with E-state index < -0.39 is 5.41 Å². The lowest BCUT2D eigenvalue weighted by Crippen LogP contribution is -2.40. The molecule has 1 aliphatic rings. The van der Waals surface area contributed by atoms with E-state index in [1.54, 1.807) is 6.34 Å². The van der Waals surface area contributed by atoms with Crippen molar-refractivity contribution >= 4 is 28.6 Å². The molecule has 1 aliphatic carbocycles. The Morgan fingerprint density at radius 3 is 2.92 bits per heavy atom. The van der Waals surface area contributed by atoms with E-state index in [1.807, 2.05) is 19.0 Å². The fraction of sp³-hybridized carbons (Fsp3) is 0.526. The number of aryl methyl sites for hydroxylation is 1. The number of fused-ring (bicyclic) bond motifs is 1. The van der Waals surface area contributed by atoms with Gasteiger partial charge in [-0.05, 0) is 32.1 Å². The molecular weight excluding hydrogens is 334 g/mol. The fourth-order valence-electron chi connectivity index (χ4n) is 3.43. The largest absolute Gasteiger partial charge is 0.468 e. The fourth-order valence-corrected chi connectivity index (χ4v) is 4.66. The Kier molecular flexibility index (Phi) is 6.22. The summed E-state index contributed by atoms with van der Waals surface area (Å²) in [5.41, 5.74) is 0.539.